The zero-order valence-corrected chi connectivity index (χ0v) is 10.1. The van der Waals surface area contributed by atoms with Gasteiger partial charge in [-0.3, -0.25) is 4.79 Å². The molecule has 0 aliphatic heterocycles. The molecule has 0 bridgehead atoms. The van der Waals surface area contributed by atoms with Gasteiger partial charge >= 0.3 is 0 Å². The normalized spacial score (nSPS) is 11.3. The summed E-state index contributed by atoms with van der Waals surface area (Å²) in [6, 6.07) is 6.82. The van der Waals surface area contributed by atoms with Crippen LogP contribution in [0.15, 0.2) is 24.3 Å². The molecular weight excluding hydrogens is 220 g/mol. The van der Waals surface area contributed by atoms with Crippen LogP contribution in [0.3, 0.4) is 0 Å². The number of ketones is 1. The summed E-state index contributed by atoms with van der Waals surface area (Å²) in [6.07, 6.45) is 0.0342. The maximum atomic E-state index is 11.9. The molecule has 0 unspecified atom stereocenters. The molecule has 0 atom stereocenters. The minimum absolute atomic E-state index is 0.0342. The first-order chi connectivity index (χ1) is 7.94. The van der Waals surface area contributed by atoms with Crippen molar-refractivity contribution in [2.24, 2.45) is 0 Å². The zero-order chi connectivity index (χ0) is 12.9. The van der Waals surface area contributed by atoms with E-state index in [4.69, 9.17) is 9.84 Å². The Kier molecular flexibility index (Phi) is 4.66. The molecule has 0 radical (unpaired) electrons. The van der Waals surface area contributed by atoms with Crippen LogP contribution in [0.2, 0.25) is 0 Å². The lowest BCUT2D eigenvalue weighted by atomic mass is 9.97. The highest BCUT2D eigenvalue weighted by molar-refractivity contribution is 5.99. The quantitative estimate of drug-likeness (QED) is 0.735. The fourth-order valence-electron chi connectivity index (χ4n) is 1.47. The number of aliphatic hydroxyl groups excluding tert-OH is 1. The van der Waals surface area contributed by atoms with Crippen LogP contribution in [-0.4, -0.2) is 34.8 Å². The number of Topliss-reactive ketones (excluding diaryl/α,β-unsaturated/α-hetero) is 1. The van der Waals surface area contributed by atoms with E-state index >= 15 is 0 Å². The number of hydrogen-bond donors (Lipinski definition) is 2. The van der Waals surface area contributed by atoms with Crippen LogP contribution in [-0.2, 0) is 0 Å². The lowest BCUT2D eigenvalue weighted by Crippen LogP contribution is -2.23. The first-order valence-electron chi connectivity index (χ1n) is 5.52. The largest absolute Gasteiger partial charge is 0.490 e. The van der Waals surface area contributed by atoms with Crippen LogP contribution in [0, 0.1) is 0 Å². The Bertz CT molecular complexity index is 379. The summed E-state index contributed by atoms with van der Waals surface area (Å²) in [6.45, 7) is 3.21. The number of ether oxygens (including phenoxy) is 1. The van der Waals surface area contributed by atoms with E-state index in [-0.39, 0.29) is 25.4 Å². The molecule has 0 saturated heterocycles. The lowest BCUT2D eigenvalue weighted by Gasteiger charge is -2.17. The molecular formula is C13H18O4. The van der Waals surface area contributed by atoms with Gasteiger partial charge in [0.2, 0.25) is 0 Å². The van der Waals surface area contributed by atoms with Gasteiger partial charge in [0.05, 0.1) is 17.8 Å². The molecule has 0 amide bonds. The van der Waals surface area contributed by atoms with Gasteiger partial charge in [-0.1, -0.05) is 12.1 Å². The fourth-order valence-corrected chi connectivity index (χ4v) is 1.47. The third-order valence-electron chi connectivity index (χ3n) is 2.13. The smallest absolute Gasteiger partial charge is 0.169 e. The number of benzene rings is 1. The summed E-state index contributed by atoms with van der Waals surface area (Å²) >= 11 is 0. The van der Waals surface area contributed by atoms with Crippen molar-refractivity contribution in [3.63, 3.8) is 0 Å². The standard InChI is InChI=1S/C13H18O4/c1-13(2,16)9-11(15)10-5-3-4-6-12(10)17-8-7-14/h3-6,14,16H,7-9H2,1-2H3. The molecule has 0 aromatic heterocycles. The fraction of sp³-hybridized carbons (Fsp3) is 0.462. The van der Waals surface area contributed by atoms with Gasteiger partial charge < -0.3 is 14.9 Å². The van der Waals surface area contributed by atoms with Crippen molar-refractivity contribution in [1.82, 2.24) is 0 Å². The molecule has 0 heterocycles. The number of rotatable bonds is 6. The van der Waals surface area contributed by atoms with Crippen LogP contribution < -0.4 is 4.74 Å². The maximum absolute atomic E-state index is 11.9. The molecule has 94 valence electrons. The van der Waals surface area contributed by atoms with Gasteiger partial charge in [-0.15, -0.1) is 0 Å². The number of para-hydroxylation sites is 1. The highest BCUT2D eigenvalue weighted by Crippen LogP contribution is 2.22. The summed E-state index contributed by atoms with van der Waals surface area (Å²) < 4.78 is 5.27. The predicted molar refractivity (Wildman–Crippen MR) is 64.3 cm³/mol. The first-order valence-corrected chi connectivity index (χ1v) is 5.52. The topological polar surface area (TPSA) is 66.8 Å². The van der Waals surface area contributed by atoms with Crippen LogP contribution >= 0.6 is 0 Å². The van der Waals surface area contributed by atoms with Crippen molar-refractivity contribution in [2.75, 3.05) is 13.2 Å². The highest BCUT2D eigenvalue weighted by Gasteiger charge is 2.21. The first kappa shape index (κ1) is 13.7. The number of carbonyl (C=O) groups is 1. The molecule has 1 aromatic rings. The third-order valence-corrected chi connectivity index (χ3v) is 2.13. The Labute approximate surface area is 101 Å². The van der Waals surface area contributed by atoms with Crippen LogP contribution in [0.1, 0.15) is 30.6 Å². The summed E-state index contributed by atoms with van der Waals surface area (Å²) in [5.74, 6) is 0.266. The van der Waals surface area contributed by atoms with E-state index in [9.17, 15) is 9.90 Å². The van der Waals surface area contributed by atoms with Gasteiger partial charge in [0, 0.05) is 6.42 Å². The number of carbonyl (C=O) groups excluding carboxylic acids is 1. The highest BCUT2D eigenvalue weighted by atomic mass is 16.5. The lowest BCUT2D eigenvalue weighted by molar-refractivity contribution is 0.0585. The van der Waals surface area contributed by atoms with Crippen molar-refractivity contribution < 1.29 is 19.7 Å². The van der Waals surface area contributed by atoms with E-state index < -0.39 is 5.60 Å². The molecule has 0 spiro atoms. The third kappa shape index (κ3) is 4.54. The second kappa shape index (κ2) is 5.80. The second-order valence-electron chi connectivity index (χ2n) is 4.48. The minimum Gasteiger partial charge on any atom is -0.490 e. The molecule has 4 nitrogen and oxygen atoms in total. The molecule has 2 N–H and O–H groups in total. The van der Waals surface area contributed by atoms with Crippen molar-refractivity contribution in [1.29, 1.82) is 0 Å². The Morgan fingerprint density at radius 1 is 1.35 bits per heavy atom. The average molecular weight is 238 g/mol. The van der Waals surface area contributed by atoms with E-state index in [0.29, 0.717) is 11.3 Å². The Hall–Kier alpha value is -1.39. The summed E-state index contributed by atoms with van der Waals surface area (Å²) in [4.78, 5) is 11.9. The van der Waals surface area contributed by atoms with E-state index in [1.54, 1.807) is 38.1 Å². The van der Waals surface area contributed by atoms with Crippen molar-refractivity contribution in [3.05, 3.63) is 29.8 Å². The predicted octanol–water partition coefficient (Wildman–Crippen LogP) is 1.40. The van der Waals surface area contributed by atoms with E-state index in [0.717, 1.165) is 0 Å². The molecule has 0 aliphatic carbocycles. The van der Waals surface area contributed by atoms with E-state index in [1.807, 2.05) is 0 Å². The van der Waals surface area contributed by atoms with E-state index in [1.165, 1.54) is 0 Å². The Morgan fingerprint density at radius 2 is 2.00 bits per heavy atom. The molecule has 0 saturated carbocycles. The molecule has 0 aliphatic rings. The molecule has 17 heavy (non-hydrogen) atoms. The van der Waals surface area contributed by atoms with Crippen molar-refractivity contribution in [2.45, 2.75) is 25.9 Å². The van der Waals surface area contributed by atoms with E-state index in [2.05, 4.69) is 0 Å². The average Bonchev–Trinajstić information content (AvgIpc) is 2.24. The van der Waals surface area contributed by atoms with Crippen LogP contribution in [0.25, 0.3) is 0 Å². The zero-order valence-electron chi connectivity index (χ0n) is 10.1. The van der Waals surface area contributed by atoms with Gasteiger partial charge in [-0.05, 0) is 26.0 Å². The van der Waals surface area contributed by atoms with Crippen LogP contribution in [0.4, 0.5) is 0 Å². The summed E-state index contributed by atoms with van der Waals surface area (Å²) in [5.41, 5.74) is -0.607. The molecule has 0 fully saturated rings. The van der Waals surface area contributed by atoms with Gasteiger partial charge in [-0.25, -0.2) is 0 Å². The van der Waals surface area contributed by atoms with Gasteiger partial charge in [0.1, 0.15) is 12.4 Å². The van der Waals surface area contributed by atoms with Crippen molar-refractivity contribution in [3.8, 4) is 5.75 Å². The van der Waals surface area contributed by atoms with Crippen molar-refractivity contribution >= 4 is 5.78 Å². The Morgan fingerprint density at radius 3 is 2.59 bits per heavy atom. The van der Waals surface area contributed by atoms with Gasteiger partial charge in [0.15, 0.2) is 5.78 Å². The Balaban J connectivity index is 2.85. The SMILES string of the molecule is CC(C)(O)CC(=O)c1ccccc1OCCO. The molecule has 1 aromatic carbocycles. The monoisotopic (exact) mass is 238 g/mol. The summed E-state index contributed by atoms with van der Waals surface area (Å²) in [5, 5.41) is 18.3. The minimum atomic E-state index is -1.04. The van der Waals surface area contributed by atoms with Crippen LogP contribution in [0.5, 0.6) is 5.75 Å². The van der Waals surface area contributed by atoms with Gasteiger partial charge in [0.25, 0.3) is 0 Å². The maximum Gasteiger partial charge on any atom is 0.169 e. The van der Waals surface area contributed by atoms with Gasteiger partial charge in [-0.2, -0.15) is 0 Å². The molecule has 1 rings (SSSR count). The second-order valence-corrected chi connectivity index (χ2v) is 4.48. The molecule has 4 heteroatoms. The number of hydrogen-bond acceptors (Lipinski definition) is 4. The summed E-state index contributed by atoms with van der Waals surface area (Å²) in [7, 11) is 0. The number of aliphatic hydroxyl groups is 2.